The molecule has 0 spiro atoms. The molecule has 2 heterocycles. The summed E-state index contributed by atoms with van der Waals surface area (Å²) in [6.45, 7) is 7.76. The number of rotatable bonds is 5. The van der Waals surface area contributed by atoms with Crippen molar-refractivity contribution in [2.24, 2.45) is 0 Å². The van der Waals surface area contributed by atoms with E-state index in [9.17, 15) is 4.79 Å². The highest BCUT2D eigenvalue weighted by atomic mass is 32.1. The Balaban J connectivity index is 1.84. The minimum atomic E-state index is 0.211. The van der Waals surface area contributed by atoms with E-state index in [0.29, 0.717) is 6.42 Å². The van der Waals surface area contributed by atoms with Crippen LogP contribution in [0.4, 0.5) is 0 Å². The number of carbonyl (C=O) groups is 1. The van der Waals surface area contributed by atoms with Gasteiger partial charge in [0, 0.05) is 38.1 Å². The molecule has 2 rings (SSSR count). The van der Waals surface area contributed by atoms with Gasteiger partial charge in [-0.05, 0) is 20.6 Å². The van der Waals surface area contributed by atoms with E-state index in [4.69, 9.17) is 0 Å². The number of hydrogen-bond donors (Lipinski definition) is 0. The fraction of sp³-hybridized carbons (Fsp3) is 0.714. The van der Waals surface area contributed by atoms with Crippen molar-refractivity contribution in [1.82, 2.24) is 19.7 Å². The Morgan fingerprint density at radius 3 is 2.65 bits per heavy atom. The van der Waals surface area contributed by atoms with Gasteiger partial charge in [0.1, 0.15) is 5.01 Å². The Morgan fingerprint density at radius 2 is 2.05 bits per heavy atom. The van der Waals surface area contributed by atoms with E-state index in [1.165, 1.54) is 0 Å². The number of carbonyl (C=O) groups excluding carboxylic acids is 1. The van der Waals surface area contributed by atoms with Crippen molar-refractivity contribution in [1.29, 1.82) is 0 Å². The first-order valence-corrected chi connectivity index (χ1v) is 8.04. The highest BCUT2D eigenvalue weighted by Gasteiger charge is 2.20. The van der Waals surface area contributed by atoms with Crippen molar-refractivity contribution in [3.8, 4) is 0 Å². The molecule has 6 heteroatoms. The highest BCUT2D eigenvalue weighted by Crippen LogP contribution is 2.13. The normalized spacial score (nSPS) is 16.9. The van der Waals surface area contributed by atoms with Gasteiger partial charge in [0.25, 0.3) is 0 Å². The third-order valence-corrected chi connectivity index (χ3v) is 4.44. The van der Waals surface area contributed by atoms with E-state index in [1.54, 1.807) is 11.3 Å². The lowest BCUT2D eigenvalue weighted by Gasteiger charge is -2.34. The largest absolute Gasteiger partial charge is 0.340 e. The molecule has 112 valence electrons. The average Bonchev–Trinajstić information content (AvgIpc) is 2.85. The van der Waals surface area contributed by atoms with Crippen LogP contribution in [0.5, 0.6) is 0 Å². The summed E-state index contributed by atoms with van der Waals surface area (Å²) in [5.41, 5.74) is 0.912. The average molecular weight is 296 g/mol. The van der Waals surface area contributed by atoms with E-state index < -0.39 is 0 Å². The van der Waals surface area contributed by atoms with Crippen LogP contribution in [0.25, 0.3) is 0 Å². The molecular formula is C14H24N4OS. The second kappa shape index (κ2) is 7.15. The summed E-state index contributed by atoms with van der Waals surface area (Å²) in [6, 6.07) is 0. The summed E-state index contributed by atoms with van der Waals surface area (Å²) in [7, 11) is 4.05. The zero-order valence-electron chi connectivity index (χ0n) is 12.6. The molecule has 1 saturated heterocycles. The number of nitrogens with zero attached hydrogens (tertiary/aromatic N) is 4. The van der Waals surface area contributed by atoms with Crippen LogP contribution in [0.2, 0.25) is 0 Å². The molecule has 1 aliphatic rings. The first kappa shape index (κ1) is 15.4. The van der Waals surface area contributed by atoms with Gasteiger partial charge in [0.2, 0.25) is 5.91 Å². The lowest BCUT2D eigenvalue weighted by molar-refractivity contribution is -0.132. The quantitative estimate of drug-likeness (QED) is 0.810. The Kier molecular flexibility index (Phi) is 5.51. The molecule has 1 amide bonds. The molecule has 0 aliphatic carbocycles. The Morgan fingerprint density at radius 1 is 1.35 bits per heavy atom. The molecule has 1 aromatic rings. The van der Waals surface area contributed by atoms with Gasteiger partial charge in [0.05, 0.1) is 12.1 Å². The Hall–Kier alpha value is -0.980. The minimum Gasteiger partial charge on any atom is -0.340 e. The first-order chi connectivity index (χ1) is 9.58. The fourth-order valence-electron chi connectivity index (χ4n) is 2.35. The molecule has 1 aromatic heterocycles. The van der Waals surface area contributed by atoms with Gasteiger partial charge < -0.3 is 14.7 Å². The van der Waals surface area contributed by atoms with Gasteiger partial charge in [-0.2, -0.15) is 0 Å². The summed E-state index contributed by atoms with van der Waals surface area (Å²) >= 11 is 1.64. The van der Waals surface area contributed by atoms with Gasteiger partial charge in [-0.25, -0.2) is 4.98 Å². The molecular weight excluding hydrogens is 272 g/mol. The van der Waals surface area contributed by atoms with Crippen LogP contribution in [0.1, 0.15) is 17.6 Å². The number of hydrogen-bond acceptors (Lipinski definition) is 5. The zero-order valence-corrected chi connectivity index (χ0v) is 13.4. The standard InChI is InChI=1S/C14H24N4OS/c1-4-17-5-7-18(8-6-17)14(19)9-12-11-20-13(15-12)10-16(2)3/h11H,4-10H2,1-3H3. The van der Waals surface area contributed by atoms with Crippen molar-refractivity contribution in [3.05, 3.63) is 16.1 Å². The zero-order chi connectivity index (χ0) is 14.5. The summed E-state index contributed by atoms with van der Waals surface area (Å²) in [4.78, 5) is 23.2. The van der Waals surface area contributed by atoms with Crippen molar-refractivity contribution < 1.29 is 4.79 Å². The SMILES string of the molecule is CCN1CCN(C(=O)Cc2csc(CN(C)C)n2)CC1. The molecule has 1 fully saturated rings. The molecule has 0 saturated carbocycles. The van der Waals surface area contributed by atoms with Gasteiger partial charge in [-0.3, -0.25) is 4.79 Å². The van der Waals surface area contributed by atoms with E-state index in [2.05, 4.69) is 21.7 Å². The number of piperazine rings is 1. The first-order valence-electron chi connectivity index (χ1n) is 7.16. The van der Waals surface area contributed by atoms with Crippen LogP contribution in [0, 0.1) is 0 Å². The number of likely N-dealkylation sites (N-methyl/N-ethyl adjacent to an activating group) is 1. The maximum Gasteiger partial charge on any atom is 0.228 e. The molecule has 0 radical (unpaired) electrons. The third kappa shape index (κ3) is 4.26. The monoisotopic (exact) mass is 296 g/mol. The van der Waals surface area contributed by atoms with Crippen LogP contribution in [-0.2, 0) is 17.8 Å². The molecule has 0 N–H and O–H groups in total. The third-order valence-electron chi connectivity index (χ3n) is 3.56. The highest BCUT2D eigenvalue weighted by molar-refractivity contribution is 7.09. The molecule has 1 aliphatic heterocycles. The van der Waals surface area contributed by atoms with Crippen LogP contribution in [0.3, 0.4) is 0 Å². The minimum absolute atomic E-state index is 0.211. The van der Waals surface area contributed by atoms with Gasteiger partial charge in [-0.1, -0.05) is 6.92 Å². The van der Waals surface area contributed by atoms with Gasteiger partial charge in [0.15, 0.2) is 0 Å². The lowest BCUT2D eigenvalue weighted by atomic mass is 10.2. The topological polar surface area (TPSA) is 39.7 Å². The maximum absolute atomic E-state index is 12.3. The van der Waals surface area contributed by atoms with Crippen LogP contribution in [0.15, 0.2) is 5.38 Å². The van der Waals surface area contributed by atoms with Crippen molar-refractivity contribution in [2.45, 2.75) is 19.9 Å². The molecule has 20 heavy (non-hydrogen) atoms. The predicted octanol–water partition coefficient (Wildman–Crippen LogP) is 0.911. The molecule has 5 nitrogen and oxygen atoms in total. The van der Waals surface area contributed by atoms with E-state index in [0.717, 1.165) is 50.0 Å². The summed E-state index contributed by atoms with van der Waals surface area (Å²) in [5, 5.41) is 3.09. The van der Waals surface area contributed by atoms with Gasteiger partial charge in [-0.15, -0.1) is 11.3 Å². The predicted molar refractivity (Wildman–Crippen MR) is 81.9 cm³/mol. The van der Waals surface area contributed by atoms with E-state index in [-0.39, 0.29) is 5.91 Å². The van der Waals surface area contributed by atoms with Crippen LogP contribution in [-0.4, -0.2) is 72.4 Å². The van der Waals surface area contributed by atoms with Crippen LogP contribution < -0.4 is 0 Å². The number of amides is 1. The maximum atomic E-state index is 12.3. The summed E-state index contributed by atoms with van der Waals surface area (Å²) < 4.78 is 0. The van der Waals surface area contributed by atoms with Crippen LogP contribution >= 0.6 is 11.3 Å². The molecule has 0 atom stereocenters. The van der Waals surface area contributed by atoms with Crippen molar-refractivity contribution >= 4 is 17.2 Å². The Bertz CT molecular complexity index is 438. The van der Waals surface area contributed by atoms with E-state index >= 15 is 0 Å². The van der Waals surface area contributed by atoms with Gasteiger partial charge >= 0.3 is 0 Å². The molecule has 0 aromatic carbocycles. The van der Waals surface area contributed by atoms with Crippen molar-refractivity contribution in [2.75, 3.05) is 46.8 Å². The molecule has 0 bridgehead atoms. The van der Waals surface area contributed by atoms with Crippen molar-refractivity contribution in [3.63, 3.8) is 0 Å². The van der Waals surface area contributed by atoms with E-state index in [1.807, 2.05) is 24.4 Å². The second-order valence-corrected chi connectivity index (χ2v) is 6.40. The second-order valence-electron chi connectivity index (χ2n) is 5.46. The summed E-state index contributed by atoms with van der Waals surface area (Å²) in [5.74, 6) is 0.211. The fourth-order valence-corrected chi connectivity index (χ4v) is 3.26. The Labute approximate surface area is 125 Å². The molecule has 0 unspecified atom stereocenters. The summed E-state index contributed by atoms with van der Waals surface area (Å²) in [6.07, 6.45) is 0.441. The number of thiazole rings is 1. The lowest BCUT2D eigenvalue weighted by Crippen LogP contribution is -2.48. The number of aromatic nitrogens is 1. The smallest absolute Gasteiger partial charge is 0.228 e.